The van der Waals surface area contributed by atoms with Crippen molar-refractivity contribution in [3.8, 4) is 0 Å². The Morgan fingerprint density at radius 1 is 1.58 bits per heavy atom. The van der Waals surface area contributed by atoms with Crippen molar-refractivity contribution in [1.82, 2.24) is 10.2 Å². The van der Waals surface area contributed by atoms with Crippen LogP contribution in [-0.2, 0) is 9.47 Å². The monoisotopic (exact) mass is 272 g/mol. The van der Waals surface area contributed by atoms with Gasteiger partial charge in [0.05, 0.1) is 18.7 Å². The van der Waals surface area contributed by atoms with Crippen LogP contribution in [0, 0.1) is 0 Å². The van der Waals surface area contributed by atoms with Gasteiger partial charge in [-0.15, -0.1) is 0 Å². The summed E-state index contributed by atoms with van der Waals surface area (Å²) in [5, 5.41) is 12.0. The number of hydrogen-bond acceptors (Lipinski definition) is 5. The fourth-order valence-electron chi connectivity index (χ4n) is 2.35. The van der Waals surface area contributed by atoms with Gasteiger partial charge in [0.2, 0.25) is 0 Å². The molecule has 0 saturated carbocycles. The minimum Gasteiger partial charge on any atom is -0.444 e. The molecule has 0 aliphatic carbocycles. The number of aliphatic hydroxyl groups is 1. The van der Waals surface area contributed by atoms with Crippen LogP contribution in [0.5, 0.6) is 0 Å². The Morgan fingerprint density at radius 2 is 2.26 bits per heavy atom. The summed E-state index contributed by atoms with van der Waals surface area (Å²) in [4.78, 5) is 24.7. The van der Waals surface area contributed by atoms with Gasteiger partial charge in [-0.25, -0.2) is 9.59 Å². The number of rotatable bonds is 1. The number of hydrogen-bond donors (Lipinski definition) is 2. The summed E-state index contributed by atoms with van der Waals surface area (Å²) >= 11 is 0. The molecule has 2 fully saturated rings. The van der Waals surface area contributed by atoms with Crippen molar-refractivity contribution >= 4 is 12.2 Å². The zero-order chi connectivity index (χ0) is 14.2. The van der Waals surface area contributed by atoms with Crippen molar-refractivity contribution in [1.29, 1.82) is 0 Å². The average Bonchev–Trinajstić information content (AvgIpc) is 2.63. The molecule has 0 radical (unpaired) electrons. The zero-order valence-corrected chi connectivity index (χ0v) is 11.4. The number of amides is 2. The minimum absolute atomic E-state index is 0.181. The van der Waals surface area contributed by atoms with Gasteiger partial charge in [-0.3, -0.25) is 0 Å². The molecule has 0 spiro atoms. The van der Waals surface area contributed by atoms with Crippen LogP contribution in [-0.4, -0.2) is 59.1 Å². The summed E-state index contributed by atoms with van der Waals surface area (Å²) in [6.07, 6.45) is -0.827. The largest absolute Gasteiger partial charge is 0.444 e. The van der Waals surface area contributed by atoms with E-state index in [4.69, 9.17) is 9.47 Å². The van der Waals surface area contributed by atoms with E-state index in [1.165, 1.54) is 4.90 Å². The van der Waals surface area contributed by atoms with Gasteiger partial charge in [0.15, 0.2) is 0 Å². The first kappa shape index (κ1) is 13.9. The van der Waals surface area contributed by atoms with E-state index in [0.717, 1.165) is 0 Å². The third kappa shape index (κ3) is 3.09. The van der Waals surface area contributed by atoms with Gasteiger partial charge in [-0.2, -0.15) is 0 Å². The molecule has 2 heterocycles. The van der Waals surface area contributed by atoms with Gasteiger partial charge < -0.3 is 24.8 Å². The second-order valence-electron chi connectivity index (χ2n) is 5.90. The number of aliphatic hydroxyl groups excluding tert-OH is 1. The molecule has 0 aromatic rings. The molecular formula is C12H20N2O5. The van der Waals surface area contributed by atoms with Crippen LogP contribution in [0.15, 0.2) is 0 Å². The molecular weight excluding hydrogens is 252 g/mol. The zero-order valence-electron chi connectivity index (χ0n) is 11.4. The van der Waals surface area contributed by atoms with Gasteiger partial charge in [0, 0.05) is 13.0 Å². The summed E-state index contributed by atoms with van der Waals surface area (Å²) in [5.41, 5.74) is -0.594. The van der Waals surface area contributed by atoms with E-state index in [1.807, 2.05) is 0 Å². The van der Waals surface area contributed by atoms with Crippen LogP contribution < -0.4 is 5.32 Å². The van der Waals surface area contributed by atoms with Gasteiger partial charge in [-0.05, 0) is 20.8 Å². The first-order chi connectivity index (χ1) is 8.80. The summed E-state index contributed by atoms with van der Waals surface area (Å²) in [5.74, 6) is 0. The van der Waals surface area contributed by atoms with Crippen molar-refractivity contribution < 1.29 is 24.2 Å². The standard InChI is InChI=1S/C12H20N2O5/c1-12(2,3)19-11(17)14-5-8-9(4-7(14)6-15)18-10(16)13-8/h7-9,15H,4-6H2,1-3H3,(H,13,16)/t7-,8-,9+/m0/s1. The molecule has 19 heavy (non-hydrogen) atoms. The number of nitrogens with zero attached hydrogens (tertiary/aromatic N) is 1. The van der Waals surface area contributed by atoms with Crippen molar-refractivity contribution in [2.45, 2.75) is 51.0 Å². The maximum absolute atomic E-state index is 12.1. The van der Waals surface area contributed by atoms with E-state index in [-0.39, 0.29) is 31.3 Å². The van der Waals surface area contributed by atoms with Gasteiger partial charge in [-0.1, -0.05) is 0 Å². The highest BCUT2D eigenvalue weighted by atomic mass is 16.6. The minimum atomic E-state index is -0.594. The van der Waals surface area contributed by atoms with Gasteiger partial charge in [0.1, 0.15) is 11.7 Å². The van der Waals surface area contributed by atoms with E-state index in [1.54, 1.807) is 20.8 Å². The van der Waals surface area contributed by atoms with Crippen molar-refractivity contribution in [3.05, 3.63) is 0 Å². The first-order valence-corrected chi connectivity index (χ1v) is 6.38. The fraction of sp³-hybridized carbons (Fsp3) is 0.833. The molecule has 2 rings (SSSR count). The maximum Gasteiger partial charge on any atom is 0.410 e. The molecule has 7 heteroatoms. The van der Waals surface area contributed by atoms with Crippen LogP contribution in [0.2, 0.25) is 0 Å². The smallest absolute Gasteiger partial charge is 0.410 e. The molecule has 2 amide bonds. The molecule has 3 atom stereocenters. The lowest BCUT2D eigenvalue weighted by molar-refractivity contribution is -0.0174. The van der Waals surface area contributed by atoms with Crippen molar-refractivity contribution in [2.24, 2.45) is 0 Å². The third-order valence-electron chi connectivity index (χ3n) is 3.19. The molecule has 108 valence electrons. The van der Waals surface area contributed by atoms with Crippen LogP contribution in [0.3, 0.4) is 0 Å². The number of nitrogens with one attached hydrogen (secondary N) is 1. The molecule has 2 aliphatic heterocycles. The number of carbonyl (C=O) groups is 2. The lowest BCUT2D eigenvalue weighted by atomic mass is 9.97. The fourth-order valence-corrected chi connectivity index (χ4v) is 2.35. The van der Waals surface area contributed by atoms with Crippen LogP contribution in [0.25, 0.3) is 0 Å². The molecule has 2 N–H and O–H groups in total. The first-order valence-electron chi connectivity index (χ1n) is 6.38. The van der Waals surface area contributed by atoms with Gasteiger partial charge in [0.25, 0.3) is 0 Å². The Bertz CT molecular complexity index is 379. The second kappa shape index (κ2) is 4.88. The number of ether oxygens (including phenoxy) is 2. The highest BCUT2D eigenvalue weighted by molar-refractivity contribution is 5.72. The van der Waals surface area contributed by atoms with E-state index >= 15 is 0 Å². The Labute approximate surface area is 111 Å². The second-order valence-corrected chi connectivity index (χ2v) is 5.90. The topological polar surface area (TPSA) is 88.1 Å². The van der Waals surface area contributed by atoms with Crippen molar-refractivity contribution in [2.75, 3.05) is 13.2 Å². The summed E-state index contributed by atoms with van der Waals surface area (Å²) in [6.45, 7) is 5.46. The normalized spacial score (nSPS) is 30.4. The molecule has 0 aromatic carbocycles. The van der Waals surface area contributed by atoms with E-state index in [9.17, 15) is 14.7 Å². The lowest BCUT2D eigenvalue weighted by Gasteiger charge is -2.39. The average molecular weight is 272 g/mol. The molecule has 0 unspecified atom stereocenters. The third-order valence-corrected chi connectivity index (χ3v) is 3.19. The SMILES string of the molecule is CC(C)(C)OC(=O)N1C[C@@H]2NC(=O)O[C@@H]2C[C@H]1CO. The Kier molecular flexibility index (Phi) is 3.58. The van der Waals surface area contributed by atoms with E-state index in [2.05, 4.69) is 5.32 Å². The maximum atomic E-state index is 12.1. The summed E-state index contributed by atoms with van der Waals surface area (Å²) in [6, 6.07) is -0.619. The van der Waals surface area contributed by atoms with E-state index in [0.29, 0.717) is 6.42 Å². The predicted molar refractivity (Wildman–Crippen MR) is 65.6 cm³/mol. The molecule has 7 nitrogen and oxygen atoms in total. The highest BCUT2D eigenvalue weighted by Crippen LogP contribution is 2.25. The van der Waals surface area contributed by atoms with Crippen LogP contribution >= 0.6 is 0 Å². The highest BCUT2D eigenvalue weighted by Gasteiger charge is 2.45. The van der Waals surface area contributed by atoms with Crippen LogP contribution in [0.4, 0.5) is 9.59 Å². The van der Waals surface area contributed by atoms with Crippen molar-refractivity contribution in [3.63, 3.8) is 0 Å². The number of likely N-dealkylation sites (tertiary alicyclic amines) is 1. The Balaban J connectivity index is 2.06. The number of carbonyl (C=O) groups excluding carboxylic acids is 2. The van der Waals surface area contributed by atoms with E-state index < -0.39 is 17.8 Å². The van der Waals surface area contributed by atoms with Gasteiger partial charge >= 0.3 is 12.2 Å². The van der Waals surface area contributed by atoms with Crippen LogP contribution in [0.1, 0.15) is 27.2 Å². The summed E-state index contributed by atoms with van der Waals surface area (Å²) in [7, 11) is 0. The Hall–Kier alpha value is -1.50. The number of fused-ring (bicyclic) bond motifs is 1. The molecule has 2 aliphatic rings. The summed E-state index contributed by atoms with van der Waals surface area (Å²) < 4.78 is 10.4. The Morgan fingerprint density at radius 3 is 2.84 bits per heavy atom. The molecule has 0 aromatic heterocycles. The number of piperidine rings is 1. The number of alkyl carbamates (subject to hydrolysis) is 1. The molecule has 0 bridgehead atoms. The lowest BCUT2D eigenvalue weighted by Crippen LogP contribution is -2.57. The predicted octanol–water partition coefficient (Wildman–Crippen LogP) is 0.465. The quantitative estimate of drug-likeness (QED) is 0.724. The molecule has 2 saturated heterocycles.